The third-order valence-electron chi connectivity index (χ3n) is 5.14. The predicted octanol–water partition coefficient (Wildman–Crippen LogP) is 6.97. The monoisotopic (exact) mass is 517 g/mol. The highest BCUT2D eigenvalue weighted by molar-refractivity contribution is 8.00. The van der Waals surface area contributed by atoms with Gasteiger partial charge in [-0.05, 0) is 60.2 Å². The van der Waals surface area contributed by atoms with E-state index in [1.807, 2.05) is 30.3 Å². The van der Waals surface area contributed by atoms with E-state index >= 15 is 0 Å². The maximum absolute atomic E-state index is 13.2. The van der Waals surface area contributed by atoms with Gasteiger partial charge in [0.2, 0.25) is 5.91 Å². The van der Waals surface area contributed by atoms with Gasteiger partial charge >= 0.3 is 0 Å². The van der Waals surface area contributed by atoms with Crippen LogP contribution in [0.3, 0.4) is 0 Å². The van der Waals surface area contributed by atoms with Crippen molar-refractivity contribution in [2.45, 2.75) is 10.1 Å². The highest BCUT2D eigenvalue weighted by atomic mass is 35.5. The van der Waals surface area contributed by atoms with Crippen molar-refractivity contribution in [1.29, 1.82) is 0 Å². The van der Waals surface area contributed by atoms with E-state index in [-0.39, 0.29) is 17.2 Å². The zero-order chi connectivity index (χ0) is 25.5. The average molecular weight is 518 g/mol. The number of hydrogen-bond donors (Lipinski definition) is 2. The molecule has 0 fully saturated rings. The summed E-state index contributed by atoms with van der Waals surface area (Å²) in [6, 6.07) is 28.9. The highest BCUT2D eigenvalue weighted by Crippen LogP contribution is 2.37. The van der Waals surface area contributed by atoms with Crippen molar-refractivity contribution in [2.75, 3.05) is 10.6 Å². The minimum absolute atomic E-state index is 0.154. The molecule has 0 radical (unpaired) electrons. The number of nitrogens with one attached hydrogen (secondary N) is 2. The van der Waals surface area contributed by atoms with Gasteiger partial charge in [-0.25, -0.2) is 0 Å². The first-order chi connectivity index (χ1) is 17.4. The number of halogens is 1. The van der Waals surface area contributed by atoms with Crippen molar-refractivity contribution in [3.8, 4) is 0 Å². The molecular weight excluding hydrogens is 498 g/mol. The highest BCUT2D eigenvalue weighted by Gasteiger charge is 2.22. The summed E-state index contributed by atoms with van der Waals surface area (Å²) < 4.78 is 0. The van der Waals surface area contributed by atoms with Gasteiger partial charge in [0.1, 0.15) is 5.25 Å². The summed E-state index contributed by atoms with van der Waals surface area (Å²) >= 11 is 7.32. The fourth-order valence-electron chi connectivity index (χ4n) is 3.36. The van der Waals surface area contributed by atoms with Crippen LogP contribution in [0.15, 0.2) is 108 Å². The topological polar surface area (TPSA) is 101 Å². The largest absolute Gasteiger partial charge is 0.325 e. The lowest BCUT2D eigenvalue weighted by atomic mass is 10.1. The van der Waals surface area contributed by atoms with Gasteiger partial charge in [0.25, 0.3) is 11.6 Å². The Balaban J connectivity index is 1.47. The van der Waals surface area contributed by atoms with Crippen molar-refractivity contribution in [2.24, 2.45) is 0 Å². The van der Waals surface area contributed by atoms with Crippen LogP contribution in [0.1, 0.15) is 21.2 Å². The number of hydrogen-bond acceptors (Lipinski definition) is 5. The Morgan fingerprint density at radius 1 is 0.806 bits per heavy atom. The van der Waals surface area contributed by atoms with E-state index in [1.165, 1.54) is 36.0 Å². The van der Waals surface area contributed by atoms with Crippen LogP contribution in [-0.4, -0.2) is 16.7 Å². The van der Waals surface area contributed by atoms with Gasteiger partial charge in [-0.3, -0.25) is 19.7 Å². The van der Waals surface area contributed by atoms with Crippen molar-refractivity contribution >= 4 is 52.2 Å². The van der Waals surface area contributed by atoms with Crippen LogP contribution in [-0.2, 0) is 4.79 Å². The molecule has 180 valence electrons. The Morgan fingerprint density at radius 2 is 1.44 bits per heavy atom. The van der Waals surface area contributed by atoms with Crippen LogP contribution in [0.4, 0.5) is 17.1 Å². The summed E-state index contributed by atoms with van der Waals surface area (Å²) in [5.74, 6) is -0.639. The third kappa shape index (κ3) is 6.50. The minimum Gasteiger partial charge on any atom is -0.325 e. The first-order valence-corrected chi connectivity index (χ1v) is 12.1. The van der Waals surface area contributed by atoms with Crippen molar-refractivity contribution in [3.63, 3.8) is 0 Å². The lowest BCUT2D eigenvalue weighted by molar-refractivity contribution is -0.384. The van der Waals surface area contributed by atoms with Crippen molar-refractivity contribution in [3.05, 3.63) is 129 Å². The number of nitro groups is 1. The Labute approximate surface area is 216 Å². The van der Waals surface area contributed by atoms with Crippen LogP contribution in [0.5, 0.6) is 0 Å². The van der Waals surface area contributed by atoms with Crippen molar-refractivity contribution < 1.29 is 14.5 Å². The van der Waals surface area contributed by atoms with E-state index in [2.05, 4.69) is 10.6 Å². The Kier molecular flexibility index (Phi) is 7.99. The molecule has 0 bridgehead atoms. The van der Waals surface area contributed by atoms with Gasteiger partial charge in [0.05, 0.1) is 4.92 Å². The molecule has 0 saturated heterocycles. The number of anilines is 2. The van der Waals surface area contributed by atoms with E-state index in [9.17, 15) is 19.7 Å². The zero-order valence-electron chi connectivity index (χ0n) is 18.8. The van der Waals surface area contributed by atoms with Crippen LogP contribution in [0.2, 0.25) is 5.02 Å². The third-order valence-corrected chi connectivity index (χ3v) is 6.66. The number of carbonyl (C=O) groups is 2. The summed E-state index contributed by atoms with van der Waals surface area (Å²) in [5, 5.41) is 16.7. The summed E-state index contributed by atoms with van der Waals surface area (Å²) in [4.78, 5) is 36.9. The van der Waals surface area contributed by atoms with Gasteiger partial charge in [-0.1, -0.05) is 48.0 Å². The molecule has 0 spiro atoms. The van der Waals surface area contributed by atoms with Gasteiger partial charge in [-0.15, -0.1) is 11.8 Å². The first-order valence-electron chi connectivity index (χ1n) is 10.8. The van der Waals surface area contributed by atoms with Crippen LogP contribution < -0.4 is 10.6 Å². The molecule has 2 amide bonds. The van der Waals surface area contributed by atoms with Crippen LogP contribution >= 0.6 is 23.4 Å². The smallest absolute Gasteiger partial charge is 0.270 e. The molecular formula is C27H20ClN3O4S. The number of non-ortho nitro benzene ring substituents is 1. The number of thioether (sulfide) groups is 1. The van der Waals surface area contributed by atoms with Gasteiger partial charge in [0, 0.05) is 39.0 Å². The van der Waals surface area contributed by atoms with Gasteiger partial charge in [0.15, 0.2) is 0 Å². The Bertz CT molecular complexity index is 1380. The normalized spacial score (nSPS) is 11.4. The number of rotatable bonds is 8. The van der Waals surface area contributed by atoms with E-state index in [1.54, 1.807) is 48.5 Å². The number of benzene rings is 4. The summed E-state index contributed by atoms with van der Waals surface area (Å²) in [5.41, 5.74) is 2.05. The number of amides is 2. The molecule has 0 heterocycles. The SMILES string of the molecule is O=C(Nc1ccc(SC(C(=O)Nc2ccc(Cl)cc2)c2ccccc2)cc1)c1cccc([N+](=O)[O-])c1. The second-order valence-electron chi connectivity index (χ2n) is 7.69. The molecule has 4 rings (SSSR count). The van der Waals surface area contributed by atoms with Crippen molar-refractivity contribution in [1.82, 2.24) is 0 Å². The average Bonchev–Trinajstić information content (AvgIpc) is 2.90. The quantitative estimate of drug-likeness (QED) is 0.149. The predicted molar refractivity (Wildman–Crippen MR) is 143 cm³/mol. The second kappa shape index (κ2) is 11.5. The lowest BCUT2D eigenvalue weighted by Gasteiger charge is -2.17. The summed E-state index contributed by atoms with van der Waals surface area (Å²) in [7, 11) is 0. The van der Waals surface area contributed by atoms with E-state index < -0.39 is 16.1 Å². The molecule has 7 nitrogen and oxygen atoms in total. The Hall–Kier alpha value is -4.14. The maximum atomic E-state index is 13.2. The van der Waals surface area contributed by atoms with E-state index in [4.69, 9.17) is 11.6 Å². The molecule has 0 saturated carbocycles. The van der Waals surface area contributed by atoms with E-state index in [0.717, 1.165) is 10.5 Å². The van der Waals surface area contributed by atoms with Gasteiger partial charge in [-0.2, -0.15) is 0 Å². The first kappa shape index (κ1) is 25.0. The molecule has 1 unspecified atom stereocenters. The number of nitrogens with zero attached hydrogens (tertiary/aromatic N) is 1. The molecule has 0 aromatic heterocycles. The molecule has 0 aliphatic heterocycles. The molecule has 4 aromatic carbocycles. The molecule has 36 heavy (non-hydrogen) atoms. The van der Waals surface area contributed by atoms with Crippen LogP contribution in [0.25, 0.3) is 0 Å². The van der Waals surface area contributed by atoms with Gasteiger partial charge < -0.3 is 10.6 Å². The summed E-state index contributed by atoms with van der Waals surface area (Å²) in [6.07, 6.45) is 0. The number of nitro benzene ring substituents is 1. The molecule has 0 aliphatic carbocycles. The Morgan fingerprint density at radius 3 is 2.11 bits per heavy atom. The molecule has 4 aromatic rings. The molecule has 2 N–H and O–H groups in total. The lowest BCUT2D eigenvalue weighted by Crippen LogP contribution is -2.19. The molecule has 9 heteroatoms. The van der Waals surface area contributed by atoms with Crippen LogP contribution in [0, 0.1) is 10.1 Å². The van der Waals surface area contributed by atoms with E-state index in [0.29, 0.717) is 16.4 Å². The fourth-order valence-corrected chi connectivity index (χ4v) is 4.51. The fraction of sp³-hybridized carbons (Fsp3) is 0.0370. The standard InChI is InChI=1S/C27H20ClN3O4S/c28-20-9-11-21(12-10-20)30-27(33)25(18-5-2-1-3-6-18)36-24-15-13-22(14-16-24)29-26(32)19-7-4-8-23(17-19)31(34)35/h1-17,25H,(H,29,32)(H,30,33). The minimum atomic E-state index is -0.547. The number of carbonyl (C=O) groups excluding carboxylic acids is 2. The summed E-state index contributed by atoms with van der Waals surface area (Å²) in [6.45, 7) is 0. The molecule has 1 atom stereocenters. The second-order valence-corrected chi connectivity index (χ2v) is 9.31. The maximum Gasteiger partial charge on any atom is 0.270 e. The zero-order valence-corrected chi connectivity index (χ0v) is 20.3. The molecule has 0 aliphatic rings.